The summed E-state index contributed by atoms with van der Waals surface area (Å²) in [4.78, 5) is 0. The van der Waals surface area contributed by atoms with E-state index in [4.69, 9.17) is 0 Å². The van der Waals surface area contributed by atoms with Gasteiger partial charge in [0.15, 0.2) is 0 Å². The first-order chi connectivity index (χ1) is 0. The van der Waals surface area contributed by atoms with E-state index in [1.165, 1.54) is 0 Å². The van der Waals surface area contributed by atoms with Crippen LogP contribution in [0.2, 0.25) is 0 Å². The smallest absolute Gasteiger partial charge is 0 e. The molecule has 0 aliphatic heterocycles. The van der Waals surface area contributed by atoms with Gasteiger partial charge in [-0.1, -0.05) is 0 Å². The van der Waals surface area contributed by atoms with Crippen molar-refractivity contribution in [2.45, 2.75) is 0 Å². The summed E-state index contributed by atoms with van der Waals surface area (Å²) in [5.74, 6) is 0. The van der Waals surface area contributed by atoms with E-state index in [1.807, 2.05) is 0 Å². The second-order valence-corrected chi connectivity index (χ2v) is 0. The van der Waals surface area contributed by atoms with Crippen LogP contribution in [-0.4, -0.2) is 168 Å². The van der Waals surface area contributed by atoms with Crippen LogP contribution < -0.4 is 0 Å². The molecule has 0 atom stereocenters. The quantitative estimate of drug-likeness (QED) is 0.389. The van der Waals surface area contributed by atoms with Crippen LogP contribution in [0.3, 0.4) is 0 Å². The fourth-order valence-electron chi connectivity index (χ4n) is 0. The van der Waals surface area contributed by atoms with Gasteiger partial charge in [0.1, 0.15) is 0 Å². The zero-order valence-electron chi connectivity index (χ0n) is 3.41. The van der Waals surface area contributed by atoms with Gasteiger partial charge in [0.25, 0.3) is 0 Å². The zero-order valence-corrected chi connectivity index (χ0v) is 13.4. The third-order valence-corrected chi connectivity index (χ3v) is 0. The topological polar surface area (TPSA) is 0 Å². The largest absolute Gasteiger partial charge is 0 e. The Morgan fingerprint density at radius 2 is 0.400 bits per heavy atom. The maximum atomic E-state index is 0. The van der Waals surface area contributed by atoms with E-state index in [1.54, 1.807) is 0 Å². The Labute approximate surface area is 163 Å². The van der Waals surface area contributed by atoms with E-state index in [2.05, 4.69) is 0 Å². The molecule has 0 aliphatic carbocycles. The number of hydrogen-bond acceptors (Lipinski definition) is 0. The van der Waals surface area contributed by atoms with Crippen LogP contribution in [0.4, 0.5) is 0 Å². The molecule has 0 unspecified atom stereocenters. The minimum Gasteiger partial charge on any atom is 0 e. The van der Waals surface area contributed by atoms with Crippen molar-refractivity contribution in [2.75, 3.05) is 0 Å². The number of hydrogen-bond donors (Lipinski definition) is 0. The molecule has 11 valence electrons. The van der Waals surface area contributed by atoms with Gasteiger partial charge in [-0.25, -0.2) is 0 Å². The molecule has 0 nitrogen and oxygen atoms in total. The van der Waals surface area contributed by atoms with E-state index in [-0.39, 0.29) is 168 Å². The third-order valence-electron chi connectivity index (χ3n) is 0. The van der Waals surface area contributed by atoms with Crippen LogP contribution in [-0.2, 0) is 0 Å². The van der Waals surface area contributed by atoms with Crippen LogP contribution >= 0.6 is 0 Å². The van der Waals surface area contributed by atoms with Crippen molar-refractivity contribution in [2.24, 2.45) is 0 Å². The van der Waals surface area contributed by atoms with Crippen molar-refractivity contribution in [3.63, 3.8) is 0 Å². The van der Waals surface area contributed by atoms with Gasteiger partial charge in [-0.15, -0.1) is 0 Å². The van der Waals surface area contributed by atoms with E-state index in [9.17, 15) is 0 Å². The van der Waals surface area contributed by atoms with E-state index in [0.717, 1.165) is 0 Å². The normalized spacial score (nSPS) is 0. The molecular formula is AlCa4. The van der Waals surface area contributed by atoms with Gasteiger partial charge in [-0.3, -0.25) is 0 Å². The van der Waals surface area contributed by atoms with Crippen LogP contribution in [0.1, 0.15) is 0 Å². The summed E-state index contributed by atoms with van der Waals surface area (Å²) in [6, 6.07) is 0. The summed E-state index contributed by atoms with van der Waals surface area (Å²) in [6.07, 6.45) is 0. The SMILES string of the molecule is [Al].[Ca].[Ca].[Ca].[Ca]. The molecule has 0 fully saturated rings. The van der Waals surface area contributed by atoms with Crippen LogP contribution in [0.25, 0.3) is 0 Å². The predicted octanol–water partition coefficient (Wildman–Crippen LogP) is -1.90. The Balaban J connectivity index is 0. The molecule has 5 heteroatoms. The summed E-state index contributed by atoms with van der Waals surface area (Å²) in [6.45, 7) is 0. The van der Waals surface area contributed by atoms with E-state index < -0.39 is 0 Å². The van der Waals surface area contributed by atoms with Crippen LogP contribution in [0, 0.1) is 0 Å². The standard InChI is InChI=1S/Al.4Ca. The van der Waals surface area contributed by atoms with Crippen molar-refractivity contribution in [3.8, 4) is 0 Å². The first kappa shape index (κ1) is 31.2. The van der Waals surface area contributed by atoms with Gasteiger partial charge in [-0.2, -0.15) is 0 Å². The third kappa shape index (κ3) is 17.7. The fourth-order valence-corrected chi connectivity index (χ4v) is 0. The second kappa shape index (κ2) is 22.7. The molecule has 11 radical (unpaired) electrons. The molecule has 0 bridgehead atoms. The van der Waals surface area contributed by atoms with Crippen molar-refractivity contribution in [1.29, 1.82) is 0 Å². The Bertz CT molecular complexity index is 3.61. The molecule has 0 aromatic heterocycles. The summed E-state index contributed by atoms with van der Waals surface area (Å²) in [5, 5.41) is 0. The van der Waals surface area contributed by atoms with Gasteiger partial charge < -0.3 is 0 Å². The molecular weight excluding hydrogens is 187 g/mol. The Morgan fingerprint density at radius 1 is 0.400 bits per heavy atom. The summed E-state index contributed by atoms with van der Waals surface area (Å²) in [5.41, 5.74) is 0. The van der Waals surface area contributed by atoms with Crippen LogP contribution in [0.5, 0.6) is 0 Å². The maximum Gasteiger partial charge on any atom is 0 e. The Kier molecular flexibility index (Phi) is 141. The monoisotopic (exact) mass is 187 g/mol. The molecule has 0 rings (SSSR count). The molecule has 0 aromatic carbocycles. The van der Waals surface area contributed by atoms with Gasteiger partial charge in [0.2, 0.25) is 0 Å². The van der Waals surface area contributed by atoms with E-state index in [0.29, 0.717) is 0 Å². The molecule has 0 amide bonds. The molecule has 0 heterocycles. The summed E-state index contributed by atoms with van der Waals surface area (Å²) >= 11 is 0. The molecule has 0 spiro atoms. The molecule has 5 heavy (non-hydrogen) atoms. The predicted molar refractivity (Wildman–Crippen MR) is 28.8 cm³/mol. The zero-order chi connectivity index (χ0) is 0. The minimum atomic E-state index is 0. The van der Waals surface area contributed by atoms with Gasteiger partial charge in [0.05, 0.1) is 0 Å². The van der Waals surface area contributed by atoms with Crippen molar-refractivity contribution < 1.29 is 0 Å². The number of rotatable bonds is 0. The molecule has 0 saturated heterocycles. The fraction of sp³-hybridized carbons (Fsp3) is 0. The van der Waals surface area contributed by atoms with Gasteiger partial charge in [0, 0.05) is 168 Å². The first-order valence-electron chi connectivity index (χ1n) is 0. The maximum absolute atomic E-state index is 0. The molecule has 0 N–H and O–H groups in total. The van der Waals surface area contributed by atoms with Crippen molar-refractivity contribution >= 4 is 168 Å². The second-order valence-electron chi connectivity index (χ2n) is 0. The molecule has 0 saturated carbocycles. The van der Waals surface area contributed by atoms with E-state index >= 15 is 0 Å². The molecule has 0 aliphatic rings. The Hall–Kier alpha value is 5.57. The summed E-state index contributed by atoms with van der Waals surface area (Å²) in [7, 11) is 0. The average molecular weight is 187 g/mol. The minimum absolute atomic E-state index is 0. The Morgan fingerprint density at radius 3 is 0.400 bits per heavy atom. The summed E-state index contributed by atoms with van der Waals surface area (Å²) < 4.78 is 0. The first-order valence-corrected chi connectivity index (χ1v) is 0. The van der Waals surface area contributed by atoms with Crippen molar-refractivity contribution in [1.82, 2.24) is 0 Å². The van der Waals surface area contributed by atoms with Crippen LogP contribution in [0.15, 0.2) is 0 Å². The van der Waals surface area contributed by atoms with Crippen molar-refractivity contribution in [3.05, 3.63) is 0 Å². The average Bonchev–Trinajstić information content (AvgIpc) is 0. The van der Waals surface area contributed by atoms with Gasteiger partial charge >= 0.3 is 0 Å². The van der Waals surface area contributed by atoms with Gasteiger partial charge in [-0.05, 0) is 0 Å². The molecule has 0 aromatic rings.